The summed E-state index contributed by atoms with van der Waals surface area (Å²) >= 11 is 0. The smallest absolute Gasteiger partial charge is 0.191 e. The van der Waals surface area contributed by atoms with Gasteiger partial charge in [-0.15, -0.1) is 24.0 Å². The SMILES string of the molecule is CCNC(=NCc1ccnc(N2CCCCCC2)c1)NCCc1ccccc1OC.I. The van der Waals surface area contributed by atoms with Gasteiger partial charge in [0.2, 0.25) is 0 Å². The minimum absolute atomic E-state index is 0. The Morgan fingerprint density at radius 3 is 2.61 bits per heavy atom. The van der Waals surface area contributed by atoms with Gasteiger partial charge < -0.3 is 20.3 Å². The number of rotatable bonds is 8. The molecule has 0 aliphatic carbocycles. The lowest BCUT2D eigenvalue weighted by Gasteiger charge is -2.21. The Morgan fingerprint density at radius 1 is 1.10 bits per heavy atom. The molecule has 6 nitrogen and oxygen atoms in total. The fourth-order valence-corrected chi connectivity index (χ4v) is 3.77. The summed E-state index contributed by atoms with van der Waals surface area (Å²) in [5.74, 6) is 2.85. The molecule has 0 saturated carbocycles. The molecule has 3 rings (SSSR count). The summed E-state index contributed by atoms with van der Waals surface area (Å²) in [7, 11) is 1.71. The Kier molecular flexibility index (Phi) is 11.5. The van der Waals surface area contributed by atoms with Crippen LogP contribution >= 0.6 is 24.0 Å². The Bertz CT molecular complexity index is 806. The van der Waals surface area contributed by atoms with Gasteiger partial charge in [-0.1, -0.05) is 31.0 Å². The van der Waals surface area contributed by atoms with Crippen LogP contribution in [-0.4, -0.2) is 44.2 Å². The summed E-state index contributed by atoms with van der Waals surface area (Å²) in [4.78, 5) is 11.8. The Balaban J connectivity index is 0.00000341. The van der Waals surface area contributed by atoms with Crippen LogP contribution in [0.25, 0.3) is 0 Å². The highest BCUT2D eigenvalue weighted by Crippen LogP contribution is 2.19. The van der Waals surface area contributed by atoms with E-state index >= 15 is 0 Å². The van der Waals surface area contributed by atoms with Crippen LogP contribution in [0.2, 0.25) is 0 Å². The lowest BCUT2D eigenvalue weighted by atomic mass is 10.1. The van der Waals surface area contributed by atoms with Crippen molar-refractivity contribution >= 4 is 35.8 Å². The first-order chi connectivity index (χ1) is 14.8. The minimum Gasteiger partial charge on any atom is -0.496 e. The molecule has 2 aromatic rings. The molecule has 0 unspecified atom stereocenters. The summed E-state index contributed by atoms with van der Waals surface area (Å²) < 4.78 is 5.44. The number of aliphatic imine (C=N–C) groups is 1. The zero-order valence-corrected chi connectivity index (χ0v) is 21.1. The Labute approximate surface area is 203 Å². The van der Waals surface area contributed by atoms with E-state index in [4.69, 9.17) is 9.73 Å². The highest BCUT2D eigenvalue weighted by Gasteiger charge is 2.11. The van der Waals surface area contributed by atoms with Gasteiger partial charge in [0.15, 0.2) is 5.96 Å². The molecule has 1 aliphatic rings. The number of methoxy groups -OCH3 is 1. The Morgan fingerprint density at radius 2 is 1.87 bits per heavy atom. The average molecular weight is 537 g/mol. The molecule has 0 amide bonds. The average Bonchev–Trinajstić information content (AvgIpc) is 3.08. The maximum atomic E-state index is 5.44. The minimum atomic E-state index is 0. The zero-order chi connectivity index (χ0) is 21.0. The summed E-state index contributed by atoms with van der Waals surface area (Å²) in [5.41, 5.74) is 2.38. The monoisotopic (exact) mass is 537 g/mol. The molecule has 170 valence electrons. The van der Waals surface area contributed by atoms with E-state index < -0.39 is 0 Å². The Hall–Kier alpha value is -2.03. The number of pyridine rings is 1. The van der Waals surface area contributed by atoms with Crippen LogP contribution in [0.1, 0.15) is 43.7 Å². The predicted octanol–water partition coefficient (Wildman–Crippen LogP) is 4.39. The molecule has 1 aromatic heterocycles. The number of hydrogen-bond donors (Lipinski definition) is 2. The third kappa shape index (κ3) is 8.20. The molecular weight excluding hydrogens is 501 g/mol. The van der Waals surface area contributed by atoms with E-state index in [9.17, 15) is 0 Å². The van der Waals surface area contributed by atoms with E-state index in [1.54, 1.807) is 7.11 Å². The van der Waals surface area contributed by atoms with Gasteiger partial charge in [0, 0.05) is 32.4 Å². The van der Waals surface area contributed by atoms with Gasteiger partial charge in [-0.25, -0.2) is 9.98 Å². The molecule has 1 fully saturated rings. The largest absolute Gasteiger partial charge is 0.496 e. The van der Waals surface area contributed by atoms with Crippen LogP contribution in [0, 0.1) is 0 Å². The first-order valence-electron chi connectivity index (χ1n) is 11.1. The number of ether oxygens (including phenoxy) is 1. The normalized spacial score (nSPS) is 14.4. The molecule has 2 N–H and O–H groups in total. The molecule has 0 spiro atoms. The molecule has 0 atom stereocenters. The topological polar surface area (TPSA) is 61.8 Å². The fraction of sp³-hybridized carbons (Fsp3) is 0.500. The number of halogens is 1. The van der Waals surface area contributed by atoms with Crippen molar-refractivity contribution in [1.82, 2.24) is 15.6 Å². The van der Waals surface area contributed by atoms with Crippen molar-refractivity contribution in [2.24, 2.45) is 4.99 Å². The van der Waals surface area contributed by atoms with Crippen LogP contribution in [0.4, 0.5) is 5.82 Å². The highest BCUT2D eigenvalue weighted by molar-refractivity contribution is 14.0. The van der Waals surface area contributed by atoms with Gasteiger partial charge >= 0.3 is 0 Å². The van der Waals surface area contributed by atoms with Crippen LogP contribution in [0.3, 0.4) is 0 Å². The summed E-state index contributed by atoms with van der Waals surface area (Å²) in [6.07, 6.45) is 7.95. The predicted molar refractivity (Wildman–Crippen MR) is 140 cm³/mol. The first kappa shape index (κ1) is 25.2. The first-order valence-corrected chi connectivity index (χ1v) is 11.1. The second-order valence-electron chi connectivity index (χ2n) is 7.61. The number of benzene rings is 1. The lowest BCUT2D eigenvalue weighted by molar-refractivity contribution is 0.409. The third-order valence-electron chi connectivity index (χ3n) is 5.38. The highest BCUT2D eigenvalue weighted by atomic mass is 127. The van der Waals surface area contributed by atoms with Gasteiger partial charge in [0.1, 0.15) is 11.6 Å². The maximum Gasteiger partial charge on any atom is 0.191 e. The van der Waals surface area contributed by atoms with Gasteiger partial charge in [0.05, 0.1) is 13.7 Å². The number of guanidine groups is 1. The number of nitrogens with one attached hydrogen (secondary N) is 2. The van der Waals surface area contributed by atoms with Gasteiger partial charge in [-0.05, 0) is 55.5 Å². The van der Waals surface area contributed by atoms with E-state index in [0.717, 1.165) is 50.1 Å². The van der Waals surface area contributed by atoms with Crippen molar-refractivity contribution in [2.75, 3.05) is 38.2 Å². The molecule has 0 radical (unpaired) electrons. The van der Waals surface area contributed by atoms with E-state index in [2.05, 4.69) is 45.6 Å². The van der Waals surface area contributed by atoms with E-state index in [-0.39, 0.29) is 24.0 Å². The molecule has 1 saturated heterocycles. The van der Waals surface area contributed by atoms with Crippen LogP contribution in [0.5, 0.6) is 5.75 Å². The summed E-state index contributed by atoms with van der Waals surface area (Å²) in [6, 6.07) is 12.4. The van der Waals surface area contributed by atoms with E-state index in [0.29, 0.717) is 6.54 Å². The summed E-state index contributed by atoms with van der Waals surface area (Å²) in [5, 5.41) is 6.77. The third-order valence-corrected chi connectivity index (χ3v) is 5.38. The second kappa shape index (κ2) is 14.1. The molecular formula is C24H36IN5O. The van der Waals surface area contributed by atoms with Crippen LogP contribution in [-0.2, 0) is 13.0 Å². The number of hydrogen-bond acceptors (Lipinski definition) is 4. The molecule has 31 heavy (non-hydrogen) atoms. The standard InChI is InChI=1S/C24H35N5O.HI/c1-3-25-24(27-15-13-21-10-6-7-11-22(21)30-2)28-19-20-12-14-26-23(18-20)29-16-8-4-5-9-17-29;/h6-7,10-12,14,18H,3-5,8-9,13,15-17,19H2,1-2H3,(H2,25,27,28);1H. The molecule has 7 heteroatoms. The quantitative estimate of drug-likeness (QED) is 0.297. The maximum absolute atomic E-state index is 5.44. The van der Waals surface area contributed by atoms with Crippen molar-refractivity contribution in [3.05, 3.63) is 53.7 Å². The molecule has 1 aromatic carbocycles. The second-order valence-corrected chi connectivity index (χ2v) is 7.61. The molecule has 0 bridgehead atoms. The molecule has 2 heterocycles. The van der Waals surface area contributed by atoms with Crippen molar-refractivity contribution < 1.29 is 4.74 Å². The molecule has 1 aliphatic heterocycles. The fourth-order valence-electron chi connectivity index (χ4n) is 3.77. The number of nitrogens with zero attached hydrogens (tertiary/aromatic N) is 3. The van der Waals surface area contributed by atoms with Crippen LogP contribution in [0.15, 0.2) is 47.6 Å². The van der Waals surface area contributed by atoms with Gasteiger partial charge in [0.25, 0.3) is 0 Å². The van der Waals surface area contributed by atoms with Gasteiger partial charge in [-0.2, -0.15) is 0 Å². The lowest BCUT2D eigenvalue weighted by Crippen LogP contribution is -2.38. The van der Waals surface area contributed by atoms with Crippen LogP contribution < -0.4 is 20.3 Å². The van der Waals surface area contributed by atoms with Crippen molar-refractivity contribution in [2.45, 2.75) is 45.6 Å². The number of para-hydroxylation sites is 1. The van der Waals surface area contributed by atoms with E-state index in [1.807, 2.05) is 24.4 Å². The summed E-state index contributed by atoms with van der Waals surface area (Å²) in [6.45, 7) is 6.55. The number of anilines is 1. The van der Waals surface area contributed by atoms with Crippen molar-refractivity contribution in [3.8, 4) is 5.75 Å². The van der Waals surface area contributed by atoms with Gasteiger partial charge in [-0.3, -0.25) is 0 Å². The van der Waals surface area contributed by atoms with Crippen molar-refractivity contribution in [1.29, 1.82) is 0 Å². The number of aromatic nitrogens is 1. The van der Waals surface area contributed by atoms with Crippen molar-refractivity contribution in [3.63, 3.8) is 0 Å². The zero-order valence-electron chi connectivity index (χ0n) is 18.8. The van der Waals surface area contributed by atoms with E-state index in [1.165, 1.54) is 36.8 Å².